The Morgan fingerprint density at radius 2 is 1.18 bits per heavy atom. The van der Waals surface area contributed by atoms with Crippen LogP contribution in [0.4, 0.5) is 0 Å². The SMILES string of the molecule is CC(C)CNCCOCCOCCOCCOCC(C)(C)C. The Hall–Kier alpha value is -0.200. The zero-order chi connectivity index (χ0) is 16.7. The predicted molar refractivity (Wildman–Crippen MR) is 90.4 cm³/mol. The third-order valence-corrected chi connectivity index (χ3v) is 2.63. The van der Waals surface area contributed by atoms with E-state index < -0.39 is 0 Å². The lowest BCUT2D eigenvalue weighted by Crippen LogP contribution is -2.24. The molecule has 0 aliphatic heterocycles. The quantitative estimate of drug-likeness (QED) is 0.470. The van der Waals surface area contributed by atoms with Crippen molar-refractivity contribution in [3.8, 4) is 0 Å². The first-order chi connectivity index (χ1) is 10.4. The first-order valence-corrected chi connectivity index (χ1v) is 8.43. The summed E-state index contributed by atoms with van der Waals surface area (Å²) < 4.78 is 21.8. The fourth-order valence-electron chi connectivity index (χ4n) is 1.57. The van der Waals surface area contributed by atoms with E-state index in [4.69, 9.17) is 18.9 Å². The van der Waals surface area contributed by atoms with Crippen molar-refractivity contribution >= 4 is 0 Å². The maximum absolute atomic E-state index is 5.51. The molecule has 0 bridgehead atoms. The van der Waals surface area contributed by atoms with Gasteiger partial charge in [0.1, 0.15) is 0 Å². The molecule has 0 aromatic carbocycles. The van der Waals surface area contributed by atoms with Gasteiger partial charge in [-0.2, -0.15) is 0 Å². The molecular formula is C17H37NO4. The molecule has 0 saturated heterocycles. The molecule has 0 unspecified atom stereocenters. The van der Waals surface area contributed by atoms with Gasteiger partial charge in [-0.3, -0.25) is 0 Å². The minimum absolute atomic E-state index is 0.216. The van der Waals surface area contributed by atoms with E-state index >= 15 is 0 Å². The highest BCUT2D eigenvalue weighted by molar-refractivity contribution is 4.58. The molecule has 0 saturated carbocycles. The molecule has 0 aromatic rings. The van der Waals surface area contributed by atoms with Crippen molar-refractivity contribution in [2.24, 2.45) is 11.3 Å². The number of hydrogen-bond acceptors (Lipinski definition) is 5. The van der Waals surface area contributed by atoms with Gasteiger partial charge in [0.25, 0.3) is 0 Å². The van der Waals surface area contributed by atoms with Crippen LogP contribution in [0.25, 0.3) is 0 Å². The van der Waals surface area contributed by atoms with Crippen LogP contribution in [-0.2, 0) is 18.9 Å². The average Bonchev–Trinajstić information content (AvgIpc) is 2.41. The second-order valence-corrected chi connectivity index (χ2v) is 7.05. The van der Waals surface area contributed by atoms with Gasteiger partial charge in [0.15, 0.2) is 0 Å². The molecule has 5 nitrogen and oxygen atoms in total. The Morgan fingerprint density at radius 1 is 0.727 bits per heavy atom. The Balaban J connectivity index is 3.03. The van der Waals surface area contributed by atoms with E-state index in [-0.39, 0.29) is 5.41 Å². The van der Waals surface area contributed by atoms with Gasteiger partial charge in [-0.15, -0.1) is 0 Å². The first-order valence-electron chi connectivity index (χ1n) is 8.43. The average molecular weight is 319 g/mol. The highest BCUT2D eigenvalue weighted by Crippen LogP contribution is 2.12. The number of ether oxygens (including phenoxy) is 4. The Morgan fingerprint density at radius 3 is 1.64 bits per heavy atom. The molecule has 5 heteroatoms. The Kier molecular flexibility index (Phi) is 14.3. The van der Waals surface area contributed by atoms with Crippen LogP contribution in [0.15, 0.2) is 0 Å². The fourth-order valence-corrected chi connectivity index (χ4v) is 1.57. The maximum atomic E-state index is 5.51. The van der Waals surface area contributed by atoms with Gasteiger partial charge in [-0.05, 0) is 17.9 Å². The summed E-state index contributed by atoms with van der Waals surface area (Å²) in [5.74, 6) is 0.683. The summed E-state index contributed by atoms with van der Waals surface area (Å²) in [4.78, 5) is 0. The summed E-state index contributed by atoms with van der Waals surface area (Å²) in [5, 5.41) is 3.33. The summed E-state index contributed by atoms with van der Waals surface area (Å²) >= 11 is 0. The van der Waals surface area contributed by atoms with Crippen LogP contribution >= 0.6 is 0 Å². The summed E-state index contributed by atoms with van der Waals surface area (Å²) in [6.07, 6.45) is 0. The molecule has 0 aliphatic carbocycles. The zero-order valence-electron chi connectivity index (χ0n) is 15.3. The van der Waals surface area contributed by atoms with Gasteiger partial charge < -0.3 is 24.3 Å². The minimum atomic E-state index is 0.216. The lowest BCUT2D eigenvalue weighted by Gasteiger charge is -2.17. The van der Waals surface area contributed by atoms with Gasteiger partial charge in [-0.25, -0.2) is 0 Å². The van der Waals surface area contributed by atoms with E-state index in [0.29, 0.717) is 45.6 Å². The molecular weight excluding hydrogens is 282 g/mol. The van der Waals surface area contributed by atoms with Gasteiger partial charge in [0.05, 0.1) is 52.9 Å². The monoisotopic (exact) mass is 319 g/mol. The standard InChI is InChI=1S/C17H37NO4/c1-16(2)14-18-6-7-19-8-9-20-10-11-21-12-13-22-15-17(3,4)5/h16,18H,6-15H2,1-5H3. The number of nitrogens with one attached hydrogen (secondary N) is 1. The van der Waals surface area contributed by atoms with E-state index in [0.717, 1.165) is 26.3 Å². The third-order valence-electron chi connectivity index (χ3n) is 2.63. The first kappa shape index (κ1) is 21.8. The van der Waals surface area contributed by atoms with Crippen LogP contribution in [0, 0.1) is 11.3 Å². The molecule has 0 radical (unpaired) electrons. The molecule has 22 heavy (non-hydrogen) atoms. The van der Waals surface area contributed by atoms with Crippen molar-refractivity contribution in [3.05, 3.63) is 0 Å². The molecule has 0 rings (SSSR count). The molecule has 0 spiro atoms. The molecule has 0 heterocycles. The van der Waals surface area contributed by atoms with E-state index in [1.807, 2.05) is 0 Å². The van der Waals surface area contributed by atoms with E-state index in [9.17, 15) is 0 Å². The van der Waals surface area contributed by atoms with Gasteiger partial charge in [-0.1, -0.05) is 34.6 Å². The second kappa shape index (κ2) is 14.4. The van der Waals surface area contributed by atoms with E-state index in [1.54, 1.807) is 0 Å². The maximum Gasteiger partial charge on any atom is 0.0701 e. The van der Waals surface area contributed by atoms with Crippen LogP contribution in [-0.4, -0.2) is 65.9 Å². The Labute approximate surface area is 137 Å². The summed E-state index contributed by atoms with van der Waals surface area (Å²) in [6, 6.07) is 0. The molecule has 0 fully saturated rings. The van der Waals surface area contributed by atoms with Crippen LogP contribution in [0.2, 0.25) is 0 Å². The van der Waals surface area contributed by atoms with Gasteiger partial charge in [0, 0.05) is 6.54 Å². The third kappa shape index (κ3) is 19.8. The van der Waals surface area contributed by atoms with E-state index in [1.165, 1.54) is 0 Å². The van der Waals surface area contributed by atoms with Crippen molar-refractivity contribution in [1.29, 1.82) is 0 Å². The molecule has 1 N–H and O–H groups in total. The van der Waals surface area contributed by atoms with Crippen molar-refractivity contribution < 1.29 is 18.9 Å². The normalized spacial score (nSPS) is 12.3. The van der Waals surface area contributed by atoms with Crippen LogP contribution < -0.4 is 5.32 Å². The highest BCUT2D eigenvalue weighted by Gasteiger charge is 2.09. The zero-order valence-corrected chi connectivity index (χ0v) is 15.3. The van der Waals surface area contributed by atoms with Crippen molar-refractivity contribution in [3.63, 3.8) is 0 Å². The summed E-state index contributed by atoms with van der Waals surface area (Å²) in [5.41, 5.74) is 0.216. The van der Waals surface area contributed by atoms with Crippen LogP contribution in [0.3, 0.4) is 0 Å². The fraction of sp³-hybridized carbons (Fsp3) is 1.00. The minimum Gasteiger partial charge on any atom is -0.379 e. The molecule has 0 amide bonds. The van der Waals surface area contributed by atoms with Crippen molar-refractivity contribution in [1.82, 2.24) is 5.32 Å². The topological polar surface area (TPSA) is 49.0 Å². The highest BCUT2D eigenvalue weighted by atomic mass is 16.6. The molecule has 0 aliphatic rings. The van der Waals surface area contributed by atoms with E-state index in [2.05, 4.69) is 39.9 Å². The number of rotatable bonds is 15. The lowest BCUT2D eigenvalue weighted by atomic mass is 9.99. The molecule has 0 aromatic heterocycles. The largest absolute Gasteiger partial charge is 0.379 e. The predicted octanol–water partition coefficient (Wildman–Crippen LogP) is 2.34. The molecule has 0 atom stereocenters. The van der Waals surface area contributed by atoms with Gasteiger partial charge >= 0.3 is 0 Å². The van der Waals surface area contributed by atoms with Crippen LogP contribution in [0.5, 0.6) is 0 Å². The summed E-state index contributed by atoms with van der Waals surface area (Å²) in [7, 11) is 0. The van der Waals surface area contributed by atoms with Gasteiger partial charge in [0.2, 0.25) is 0 Å². The summed E-state index contributed by atoms with van der Waals surface area (Å²) in [6.45, 7) is 18.0. The molecule has 134 valence electrons. The number of hydrogen-bond donors (Lipinski definition) is 1. The smallest absolute Gasteiger partial charge is 0.0701 e. The Bertz CT molecular complexity index is 229. The van der Waals surface area contributed by atoms with Crippen molar-refractivity contribution in [2.75, 3.05) is 65.9 Å². The van der Waals surface area contributed by atoms with Crippen LogP contribution in [0.1, 0.15) is 34.6 Å². The van der Waals surface area contributed by atoms with Crippen molar-refractivity contribution in [2.45, 2.75) is 34.6 Å². The second-order valence-electron chi connectivity index (χ2n) is 7.05. The lowest BCUT2D eigenvalue weighted by molar-refractivity contribution is -0.0106.